The molecule has 1 aromatic rings. The fourth-order valence-corrected chi connectivity index (χ4v) is 2.48. The summed E-state index contributed by atoms with van der Waals surface area (Å²) in [5.41, 5.74) is 0.419. The van der Waals surface area contributed by atoms with Crippen LogP contribution in [0.4, 0.5) is 5.82 Å². The van der Waals surface area contributed by atoms with Gasteiger partial charge in [-0.1, -0.05) is 0 Å². The molecule has 2 atom stereocenters. The minimum atomic E-state index is 0.213. The number of hydrogen-bond donors (Lipinski definition) is 0. The fraction of sp³-hybridized carbons (Fsp3) is 0.615. The van der Waals surface area contributed by atoms with Gasteiger partial charge in [0, 0.05) is 19.2 Å². The Morgan fingerprint density at radius 2 is 2.22 bits per heavy atom. The standard InChI is InChI=1S/C13H16N4O/c1-9-6-17(7-12(18-9)10-2-3-10)13-4-11(5-14)15-8-16-13/h4,8-10,12H,2-3,6-7H2,1H3/t9-,12-/m1/s1. The maximum Gasteiger partial charge on any atom is 0.145 e. The normalized spacial score (nSPS) is 27.9. The second-order valence-corrected chi connectivity index (χ2v) is 5.10. The predicted octanol–water partition coefficient (Wildman–Crippen LogP) is 1.35. The molecule has 0 bridgehead atoms. The maximum atomic E-state index is 8.88. The Balaban J connectivity index is 1.79. The van der Waals surface area contributed by atoms with Gasteiger partial charge in [0.1, 0.15) is 23.9 Å². The van der Waals surface area contributed by atoms with Crippen molar-refractivity contribution in [2.75, 3.05) is 18.0 Å². The molecule has 0 spiro atoms. The van der Waals surface area contributed by atoms with Crippen LogP contribution in [-0.2, 0) is 4.74 Å². The molecule has 1 saturated carbocycles. The van der Waals surface area contributed by atoms with Crippen LogP contribution >= 0.6 is 0 Å². The van der Waals surface area contributed by atoms with Crippen LogP contribution in [0.25, 0.3) is 0 Å². The largest absolute Gasteiger partial charge is 0.371 e. The van der Waals surface area contributed by atoms with Gasteiger partial charge in [-0.2, -0.15) is 5.26 Å². The van der Waals surface area contributed by atoms with Gasteiger partial charge in [-0.3, -0.25) is 0 Å². The van der Waals surface area contributed by atoms with Crippen molar-refractivity contribution >= 4 is 5.82 Å². The van der Waals surface area contributed by atoms with E-state index in [0.717, 1.165) is 18.9 Å². The smallest absolute Gasteiger partial charge is 0.145 e. The Morgan fingerprint density at radius 3 is 2.94 bits per heavy atom. The van der Waals surface area contributed by atoms with Crippen LogP contribution in [-0.4, -0.2) is 35.3 Å². The van der Waals surface area contributed by atoms with Crippen molar-refractivity contribution in [2.24, 2.45) is 5.92 Å². The maximum absolute atomic E-state index is 8.88. The zero-order valence-corrected chi connectivity index (χ0v) is 10.4. The zero-order chi connectivity index (χ0) is 12.5. The van der Waals surface area contributed by atoms with E-state index < -0.39 is 0 Å². The van der Waals surface area contributed by atoms with Crippen LogP contribution in [0.15, 0.2) is 12.4 Å². The number of nitriles is 1. The first-order valence-corrected chi connectivity index (χ1v) is 6.39. The molecule has 0 amide bonds. The summed E-state index contributed by atoms with van der Waals surface area (Å²) in [6.45, 7) is 3.79. The molecule has 18 heavy (non-hydrogen) atoms. The number of anilines is 1. The topological polar surface area (TPSA) is 62.0 Å². The van der Waals surface area contributed by atoms with Crippen LogP contribution in [0.3, 0.4) is 0 Å². The summed E-state index contributed by atoms with van der Waals surface area (Å²) in [7, 11) is 0. The molecule has 1 aliphatic carbocycles. The summed E-state index contributed by atoms with van der Waals surface area (Å²) in [6.07, 6.45) is 4.54. The molecule has 3 rings (SSSR count). The van der Waals surface area contributed by atoms with Crippen molar-refractivity contribution in [1.82, 2.24) is 9.97 Å². The Bertz CT molecular complexity index is 480. The van der Waals surface area contributed by atoms with Crippen LogP contribution < -0.4 is 4.90 Å². The highest BCUT2D eigenvalue weighted by Crippen LogP contribution is 2.37. The lowest BCUT2D eigenvalue weighted by molar-refractivity contribution is -0.0273. The minimum Gasteiger partial charge on any atom is -0.371 e. The summed E-state index contributed by atoms with van der Waals surface area (Å²) in [6, 6.07) is 3.81. The lowest BCUT2D eigenvalue weighted by Gasteiger charge is -2.37. The van der Waals surface area contributed by atoms with Crippen LogP contribution in [0.5, 0.6) is 0 Å². The third kappa shape index (κ3) is 2.29. The monoisotopic (exact) mass is 244 g/mol. The molecule has 1 aliphatic heterocycles. The average molecular weight is 244 g/mol. The van der Waals surface area contributed by atoms with E-state index in [0.29, 0.717) is 17.7 Å². The number of rotatable bonds is 2. The van der Waals surface area contributed by atoms with Gasteiger partial charge >= 0.3 is 0 Å². The Kier molecular flexibility index (Phi) is 2.88. The van der Waals surface area contributed by atoms with Crippen molar-refractivity contribution in [3.63, 3.8) is 0 Å². The first-order chi connectivity index (χ1) is 8.76. The first-order valence-electron chi connectivity index (χ1n) is 6.39. The summed E-state index contributed by atoms with van der Waals surface area (Å²) in [4.78, 5) is 10.4. The van der Waals surface area contributed by atoms with Gasteiger partial charge in [-0.25, -0.2) is 9.97 Å². The summed E-state index contributed by atoms with van der Waals surface area (Å²) in [5, 5.41) is 8.88. The molecule has 1 saturated heterocycles. The highest BCUT2D eigenvalue weighted by Gasteiger charge is 2.37. The van der Waals surface area contributed by atoms with Gasteiger partial charge in [-0.05, 0) is 25.7 Å². The first kappa shape index (κ1) is 11.4. The van der Waals surface area contributed by atoms with E-state index in [-0.39, 0.29) is 6.10 Å². The van der Waals surface area contributed by atoms with Crippen molar-refractivity contribution < 1.29 is 4.74 Å². The lowest BCUT2D eigenvalue weighted by atomic mass is 10.1. The van der Waals surface area contributed by atoms with Gasteiger partial charge in [0.25, 0.3) is 0 Å². The number of aromatic nitrogens is 2. The molecule has 94 valence electrons. The molecule has 2 heterocycles. The van der Waals surface area contributed by atoms with Crippen molar-refractivity contribution in [3.05, 3.63) is 18.1 Å². The van der Waals surface area contributed by atoms with E-state index in [1.807, 2.05) is 0 Å². The van der Waals surface area contributed by atoms with Gasteiger partial charge in [0.2, 0.25) is 0 Å². The van der Waals surface area contributed by atoms with E-state index in [9.17, 15) is 0 Å². The Morgan fingerprint density at radius 1 is 1.39 bits per heavy atom. The summed E-state index contributed by atoms with van der Waals surface area (Å²) >= 11 is 0. The zero-order valence-electron chi connectivity index (χ0n) is 10.4. The van der Waals surface area contributed by atoms with E-state index in [4.69, 9.17) is 10.00 Å². The van der Waals surface area contributed by atoms with Gasteiger partial charge in [0.05, 0.1) is 12.2 Å². The summed E-state index contributed by atoms with van der Waals surface area (Å²) < 4.78 is 5.97. The molecule has 1 aromatic heterocycles. The second-order valence-electron chi connectivity index (χ2n) is 5.10. The van der Waals surface area contributed by atoms with Crippen molar-refractivity contribution in [1.29, 1.82) is 5.26 Å². The predicted molar refractivity (Wildman–Crippen MR) is 66.0 cm³/mol. The molecule has 0 radical (unpaired) electrons. The number of hydrogen-bond acceptors (Lipinski definition) is 5. The van der Waals surface area contributed by atoms with Gasteiger partial charge in [0.15, 0.2) is 0 Å². The molecule has 0 N–H and O–H groups in total. The molecule has 5 nitrogen and oxygen atoms in total. The van der Waals surface area contributed by atoms with E-state index >= 15 is 0 Å². The van der Waals surface area contributed by atoms with Crippen LogP contribution in [0.1, 0.15) is 25.5 Å². The molecular weight excluding hydrogens is 228 g/mol. The Hall–Kier alpha value is -1.67. The van der Waals surface area contributed by atoms with Crippen molar-refractivity contribution in [2.45, 2.75) is 32.0 Å². The molecule has 2 fully saturated rings. The van der Waals surface area contributed by atoms with Crippen molar-refractivity contribution in [3.8, 4) is 6.07 Å². The third-order valence-electron chi connectivity index (χ3n) is 3.52. The van der Waals surface area contributed by atoms with Crippen LogP contribution in [0, 0.1) is 17.2 Å². The lowest BCUT2D eigenvalue weighted by Crippen LogP contribution is -2.47. The van der Waals surface area contributed by atoms with E-state index in [1.54, 1.807) is 6.07 Å². The number of morpholine rings is 1. The molecule has 0 aromatic carbocycles. The van der Waals surface area contributed by atoms with E-state index in [2.05, 4.69) is 27.9 Å². The minimum absolute atomic E-state index is 0.213. The molecular formula is C13H16N4O. The second kappa shape index (κ2) is 4.54. The quantitative estimate of drug-likeness (QED) is 0.786. The number of nitrogens with zero attached hydrogens (tertiary/aromatic N) is 4. The third-order valence-corrected chi connectivity index (χ3v) is 3.52. The highest BCUT2D eigenvalue weighted by molar-refractivity contribution is 5.42. The average Bonchev–Trinajstić information content (AvgIpc) is 3.22. The highest BCUT2D eigenvalue weighted by atomic mass is 16.5. The fourth-order valence-electron chi connectivity index (χ4n) is 2.48. The molecule has 2 aliphatic rings. The molecule has 0 unspecified atom stereocenters. The van der Waals surface area contributed by atoms with Gasteiger partial charge in [-0.15, -0.1) is 0 Å². The molecule has 5 heteroatoms. The Labute approximate surface area is 106 Å². The van der Waals surface area contributed by atoms with Gasteiger partial charge < -0.3 is 9.64 Å². The SMILES string of the molecule is C[C@@H]1CN(c2cc(C#N)ncn2)C[C@H](C2CC2)O1. The number of ether oxygens (including phenoxy) is 1. The van der Waals surface area contributed by atoms with E-state index in [1.165, 1.54) is 19.2 Å². The van der Waals surface area contributed by atoms with Crippen LogP contribution in [0.2, 0.25) is 0 Å². The summed E-state index contributed by atoms with van der Waals surface area (Å²) in [5.74, 6) is 1.55.